The number of nitrogens with zero attached hydrogens (tertiary/aromatic N) is 2. The van der Waals surface area contributed by atoms with E-state index in [1.54, 1.807) is 6.07 Å². The molecule has 0 fully saturated rings. The lowest BCUT2D eigenvalue weighted by molar-refractivity contribution is 0.306. The topological polar surface area (TPSA) is 47.0 Å². The molecule has 5 heteroatoms. The van der Waals surface area contributed by atoms with E-state index in [9.17, 15) is 4.39 Å². The first-order valence-electron chi connectivity index (χ1n) is 9.12. The summed E-state index contributed by atoms with van der Waals surface area (Å²) in [4.78, 5) is 8.40. The van der Waals surface area contributed by atoms with Gasteiger partial charge < -0.3 is 10.1 Å². The molecular formula is C21H24FN3O. The summed E-state index contributed by atoms with van der Waals surface area (Å²) in [6, 6.07) is 12.7. The molecule has 0 saturated carbocycles. The summed E-state index contributed by atoms with van der Waals surface area (Å²) in [5.41, 5.74) is 1.94. The van der Waals surface area contributed by atoms with Crippen LogP contribution in [0.15, 0.2) is 48.8 Å². The molecule has 0 unspecified atom stereocenters. The summed E-state index contributed by atoms with van der Waals surface area (Å²) in [5, 5.41) is 3.97. The van der Waals surface area contributed by atoms with E-state index in [1.807, 2.05) is 12.1 Å². The average molecular weight is 353 g/mol. The monoisotopic (exact) mass is 353 g/mol. The fraction of sp³-hybridized carbons (Fsp3) is 0.333. The predicted molar refractivity (Wildman–Crippen MR) is 103 cm³/mol. The fourth-order valence-electron chi connectivity index (χ4n) is 2.79. The maximum atomic E-state index is 13.5. The van der Waals surface area contributed by atoms with Crippen LogP contribution in [0.25, 0.3) is 10.9 Å². The zero-order valence-electron chi connectivity index (χ0n) is 15.0. The first-order chi connectivity index (χ1) is 12.8. The zero-order valence-corrected chi connectivity index (χ0v) is 15.0. The molecule has 3 aromatic rings. The van der Waals surface area contributed by atoms with Crippen LogP contribution in [0.1, 0.15) is 31.7 Å². The van der Waals surface area contributed by atoms with Crippen LogP contribution in [0.2, 0.25) is 0 Å². The van der Waals surface area contributed by atoms with Gasteiger partial charge in [0.25, 0.3) is 0 Å². The summed E-state index contributed by atoms with van der Waals surface area (Å²) in [5.74, 6) is 1.28. The van der Waals surface area contributed by atoms with Gasteiger partial charge in [-0.1, -0.05) is 31.9 Å². The van der Waals surface area contributed by atoms with Gasteiger partial charge in [-0.2, -0.15) is 0 Å². The third kappa shape index (κ3) is 4.91. The van der Waals surface area contributed by atoms with E-state index >= 15 is 0 Å². The molecule has 1 aromatic heterocycles. The van der Waals surface area contributed by atoms with Crippen LogP contribution in [-0.2, 0) is 6.42 Å². The summed E-state index contributed by atoms with van der Waals surface area (Å²) in [7, 11) is 0. The molecule has 0 spiro atoms. The van der Waals surface area contributed by atoms with E-state index in [1.165, 1.54) is 36.9 Å². The van der Waals surface area contributed by atoms with Gasteiger partial charge in [-0.25, -0.2) is 14.4 Å². The Bertz CT molecular complexity index is 836. The van der Waals surface area contributed by atoms with Gasteiger partial charge in [0.2, 0.25) is 0 Å². The molecule has 0 aliphatic rings. The zero-order chi connectivity index (χ0) is 18.2. The van der Waals surface area contributed by atoms with E-state index in [0.29, 0.717) is 17.7 Å². The Hall–Kier alpha value is -2.69. The summed E-state index contributed by atoms with van der Waals surface area (Å²) in [6.07, 6.45) is 5.83. The number of nitrogens with one attached hydrogen (secondary N) is 1. The Labute approximate surface area is 153 Å². The lowest BCUT2D eigenvalue weighted by Crippen LogP contribution is -2.07. The van der Waals surface area contributed by atoms with Gasteiger partial charge >= 0.3 is 0 Å². The molecule has 0 bridgehead atoms. The van der Waals surface area contributed by atoms with E-state index in [0.717, 1.165) is 30.7 Å². The van der Waals surface area contributed by atoms with E-state index in [4.69, 9.17) is 4.74 Å². The van der Waals surface area contributed by atoms with Crippen molar-refractivity contribution in [2.24, 2.45) is 0 Å². The summed E-state index contributed by atoms with van der Waals surface area (Å²) >= 11 is 0. The van der Waals surface area contributed by atoms with Gasteiger partial charge in [0.05, 0.1) is 12.1 Å². The van der Waals surface area contributed by atoms with Gasteiger partial charge in [-0.3, -0.25) is 0 Å². The number of hydrogen-bond donors (Lipinski definition) is 1. The van der Waals surface area contributed by atoms with Crippen molar-refractivity contribution in [3.05, 3.63) is 60.2 Å². The van der Waals surface area contributed by atoms with Crippen LogP contribution in [0.5, 0.6) is 5.75 Å². The van der Waals surface area contributed by atoms with Crippen molar-refractivity contribution in [1.29, 1.82) is 0 Å². The molecular weight excluding hydrogens is 329 g/mol. The fourth-order valence-corrected chi connectivity index (χ4v) is 2.79. The Balaban J connectivity index is 1.53. The Morgan fingerprint density at radius 3 is 2.69 bits per heavy atom. The molecule has 4 nitrogen and oxygen atoms in total. The number of hydrogen-bond acceptors (Lipinski definition) is 4. The number of aromatic nitrogens is 2. The van der Waals surface area contributed by atoms with Gasteiger partial charge in [0.1, 0.15) is 23.7 Å². The van der Waals surface area contributed by atoms with Crippen molar-refractivity contribution in [3.8, 4) is 5.75 Å². The third-order valence-corrected chi connectivity index (χ3v) is 4.24. The van der Waals surface area contributed by atoms with Gasteiger partial charge in [0.15, 0.2) is 0 Å². The van der Waals surface area contributed by atoms with Crippen LogP contribution in [0.4, 0.5) is 10.2 Å². The highest BCUT2D eigenvalue weighted by Crippen LogP contribution is 2.20. The molecule has 0 amide bonds. The predicted octanol–water partition coefficient (Wildman–Crippen LogP) is 4.99. The molecule has 2 aromatic carbocycles. The van der Waals surface area contributed by atoms with E-state index in [2.05, 4.69) is 34.3 Å². The van der Waals surface area contributed by atoms with E-state index < -0.39 is 0 Å². The number of rotatable bonds is 9. The number of unbranched alkanes of at least 4 members (excludes halogenated alkanes) is 2. The molecule has 136 valence electrons. The number of fused-ring (bicyclic) bond motifs is 1. The quantitative estimate of drug-likeness (QED) is 0.550. The molecule has 0 saturated heterocycles. The van der Waals surface area contributed by atoms with E-state index in [-0.39, 0.29) is 5.82 Å². The number of benzene rings is 2. The summed E-state index contributed by atoms with van der Waals surface area (Å²) < 4.78 is 19.2. The second-order valence-corrected chi connectivity index (χ2v) is 6.26. The molecule has 26 heavy (non-hydrogen) atoms. The SMILES string of the molecule is CCCCCOc1ccc(CCNc2ncnc3ccc(F)cc23)cc1. The minimum Gasteiger partial charge on any atom is -0.494 e. The molecule has 0 radical (unpaired) electrons. The van der Waals surface area contributed by atoms with Crippen LogP contribution >= 0.6 is 0 Å². The normalized spacial score (nSPS) is 10.8. The maximum Gasteiger partial charge on any atom is 0.137 e. The number of ether oxygens (including phenoxy) is 1. The van der Waals surface area contributed by atoms with Crippen LogP contribution < -0.4 is 10.1 Å². The molecule has 1 heterocycles. The van der Waals surface area contributed by atoms with Crippen molar-refractivity contribution in [1.82, 2.24) is 9.97 Å². The minimum atomic E-state index is -0.287. The Kier molecular flexibility index (Phi) is 6.36. The lowest BCUT2D eigenvalue weighted by Gasteiger charge is -2.09. The van der Waals surface area contributed by atoms with Gasteiger partial charge in [-0.15, -0.1) is 0 Å². The molecule has 0 aliphatic heterocycles. The molecule has 0 atom stereocenters. The molecule has 3 rings (SSSR count). The second kappa shape index (κ2) is 9.13. The van der Waals surface area contributed by atoms with Crippen LogP contribution in [-0.4, -0.2) is 23.1 Å². The highest BCUT2D eigenvalue weighted by atomic mass is 19.1. The smallest absolute Gasteiger partial charge is 0.137 e. The Morgan fingerprint density at radius 2 is 1.88 bits per heavy atom. The van der Waals surface area contributed by atoms with Crippen molar-refractivity contribution >= 4 is 16.7 Å². The summed E-state index contributed by atoms with van der Waals surface area (Å²) in [6.45, 7) is 3.66. The van der Waals surface area contributed by atoms with Gasteiger partial charge in [0, 0.05) is 11.9 Å². The molecule has 1 N–H and O–H groups in total. The minimum absolute atomic E-state index is 0.287. The highest BCUT2D eigenvalue weighted by Gasteiger charge is 2.05. The van der Waals surface area contributed by atoms with Crippen LogP contribution in [0, 0.1) is 5.82 Å². The Morgan fingerprint density at radius 1 is 1.04 bits per heavy atom. The van der Waals surface area contributed by atoms with Crippen LogP contribution in [0.3, 0.4) is 0 Å². The second-order valence-electron chi connectivity index (χ2n) is 6.26. The number of halogens is 1. The van der Waals surface area contributed by atoms with Crippen molar-refractivity contribution in [3.63, 3.8) is 0 Å². The first-order valence-corrected chi connectivity index (χ1v) is 9.12. The first kappa shape index (κ1) is 18.1. The van der Waals surface area contributed by atoms with Crippen molar-refractivity contribution in [2.75, 3.05) is 18.5 Å². The van der Waals surface area contributed by atoms with Crippen molar-refractivity contribution < 1.29 is 9.13 Å². The molecule has 0 aliphatic carbocycles. The number of anilines is 1. The maximum absolute atomic E-state index is 13.5. The third-order valence-electron chi connectivity index (χ3n) is 4.24. The van der Waals surface area contributed by atoms with Crippen molar-refractivity contribution in [2.45, 2.75) is 32.6 Å². The lowest BCUT2D eigenvalue weighted by atomic mass is 10.1. The average Bonchev–Trinajstić information content (AvgIpc) is 2.67. The highest BCUT2D eigenvalue weighted by molar-refractivity contribution is 5.88. The largest absolute Gasteiger partial charge is 0.494 e. The van der Waals surface area contributed by atoms with Gasteiger partial charge in [-0.05, 0) is 48.7 Å². The standard InChI is InChI=1S/C21H24FN3O/c1-2-3-4-13-26-18-8-5-16(6-9-18)11-12-23-21-19-14-17(22)7-10-20(19)24-15-25-21/h5-10,14-15H,2-4,11-13H2,1H3,(H,23,24,25).